The van der Waals surface area contributed by atoms with E-state index in [1.54, 1.807) is 0 Å². The molecule has 0 atom stereocenters. The molecule has 0 rings (SSSR count). The molecule has 0 aromatic carbocycles. The topological polar surface area (TPSA) is 277 Å². The van der Waals surface area contributed by atoms with Gasteiger partial charge in [0.1, 0.15) is 0 Å². The van der Waals surface area contributed by atoms with Gasteiger partial charge in [-0.2, -0.15) is 0 Å². The molecule has 0 radical (unpaired) electrons. The summed E-state index contributed by atoms with van der Waals surface area (Å²) < 4.78 is 0. The van der Waals surface area contributed by atoms with Crippen LogP contribution in [0.3, 0.4) is 0 Å². The summed E-state index contributed by atoms with van der Waals surface area (Å²) in [5.74, 6) is 0. The van der Waals surface area contributed by atoms with E-state index < -0.39 is 29.3 Å². The first-order valence-electron chi connectivity index (χ1n) is 2.83. The molecule has 0 saturated carbocycles. The molecule has 96 valence electrons. The van der Waals surface area contributed by atoms with Crippen LogP contribution in [0.2, 0.25) is 0 Å². The zero-order chi connectivity index (χ0) is 14.3. The van der Waals surface area contributed by atoms with Gasteiger partial charge in [-0.25, -0.2) is 0 Å². The monoisotopic (exact) mass is 458 g/mol. The van der Waals surface area contributed by atoms with E-state index in [9.17, 15) is 0 Å². The minimum atomic E-state index is -2.92. The Hall–Kier alpha value is 1.41. The van der Waals surface area contributed by atoms with E-state index in [2.05, 4.69) is 0 Å². The molecule has 0 spiro atoms. The molecule has 0 saturated heterocycles. The van der Waals surface area contributed by atoms with Crippen molar-refractivity contribution >= 4 is 82.1 Å². The van der Waals surface area contributed by atoms with Crippen molar-refractivity contribution in [3.63, 3.8) is 0 Å². The molecule has 0 bridgehead atoms. The predicted octanol–water partition coefficient (Wildman–Crippen LogP) is -16.9. The van der Waals surface area contributed by atoms with Crippen molar-refractivity contribution in [3.8, 4) is 0 Å². The van der Waals surface area contributed by atoms with Crippen LogP contribution in [0.25, 0.3) is 0 Å². The van der Waals surface area contributed by atoms with Gasteiger partial charge in [-0.1, -0.05) is 0 Å². The Bertz CT molecular complexity index is 68.0. The van der Waals surface area contributed by atoms with E-state index >= 15 is 0 Å². The Morgan fingerprint density at radius 1 is 0.263 bits per heavy atom. The van der Waals surface area contributed by atoms with Crippen LogP contribution in [0, 0.1) is 0 Å². The Morgan fingerprint density at radius 2 is 0.263 bits per heavy atom. The van der Waals surface area contributed by atoms with Gasteiger partial charge in [-0.05, 0) is 0 Å². The molecule has 0 aromatic rings. The fourth-order valence-electron chi connectivity index (χ4n) is 0. The first kappa shape index (κ1) is 42.8. The first-order valence-corrected chi connectivity index (χ1v) is 2.83. The molecule has 0 N–H and O–H groups in total. The Balaban J connectivity index is -0.0000000192. The van der Waals surface area contributed by atoms with Gasteiger partial charge in [0.05, 0.1) is 0 Å². The molecule has 0 aliphatic rings. The summed E-state index contributed by atoms with van der Waals surface area (Å²) in [6.45, 7) is 0. The number of rotatable bonds is 0. The van der Waals surface area contributed by atoms with Crippen molar-refractivity contribution in [2.75, 3.05) is 0 Å². The second-order valence-electron chi connectivity index (χ2n) is 1.15. The fraction of sp³-hybridized carbons (Fsp3) is 0. The van der Waals surface area contributed by atoms with Crippen molar-refractivity contribution in [2.24, 2.45) is 0 Å². The van der Waals surface area contributed by atoms with Crippen LogP contribution in [0.1, 0.15) is 0 Å². The summed E-state index contributed by atoms with van der Waals surface area (Å²) >= 11 is 0. The third kappa shape index (κ3) is 2970. The molecular weight excluding hydrogens is 453 g/mol. The molecule has 0 heterocycles. The zero-order valence-corrected chi connectivity index (χ0v) is 15.0. The van der Waals surface area contributed by atoms with Crippen molar-refractivity contribution in [3.05, 3.63) is 0 Å². The van der Waals surface area contributed by atoms with Crippen molar-refractivity contribution in [1.82, 2.24) is 0 Å². The first-order chi connectivity index (χ1) is 6.93. The molecule has 0 aliphatic carbocycles. The molecule has 12 nitrogen and oxygen atoms in total. The van der Waals surface area contributed by atoms with E-state index in [0.29, 0.717) is 0 Å². The molecule has 0 unspecified atom stereocenters. The minimum absolute atomic E-state index is 0. The van der Waals surface area contributed by atoms with E-state index in [1.807, 2.05) is 0 Å². The molecule has 19 heavy (non-hydrogen) atoms. The van der Waals surface area contributed by atoms with E-state index in [0.717, 1.165) is 0 Å². The van der Waals surface area contributed by atoms with Gasteiger partial charge in [-0.15, -0.1) is 0 Å². The summed E-state index contributed by atoms with van der Waals surface area (Å²) in [5.41, 5.74) is 0. The Morgan fingerprint density at radius 3 is 0.263 bits per heavy atom. The van der Waals surface area contributed by atoms with Crippen LogP contribution in [0.5, 0.6) is 0 Å². The summed E-state index contributed by atoms with van der Waals surface area (Å²) in [6, 6.07) is 0. The fourth-order valence-corrected chi connectivity index (χ4v) is 0. The summed E-state index contributed by atoms with van der Waals surface area (Å²) in [4.78, 5) is 0. The number of hydrogen-bond acceptors (Lipinski definition) is 12. The van der Waals surface area contributed by atoms with Crippen molar-refractivity contribution in [1.29, 1.82) is 0 Å². The van der Waals surface area contributed by atoms with Gasteiger partial charge >= 0.3 is 52.8 Å². The predicted molar refractivity (Wildman–Crippen MR) is 40.3 cm³/mol. The molecule has 0 aliphatic heterocycles. The van der Waals surface area contributed by atoms with E-state index in [4.69, 9.17) is 60.3 Å². The van der Waals surface area contributed by atoms with Gasteiger partial charge < -0.3 is 60.3 Å². The standard InChI is InChI=1S/4BO3.3Ge/c4*2-1(3)4;;;/q4*-3;3*+4. The Kier molecular flexibility index (Phi) is 82.3. The minimum Gasteiger partial charge on any atom is -0.907 e. The van der Waals surface area contributed by atoms with Crippen LogP contribution in [-0.2, 0) is 0 Å². The van der Waals surface area contributed by atoms with Gasteiger partial charge in [0.15, 0.2) is 0 Å². The van der Waals surface area contributed by atoms with Gasteiger partial charge in [0.2, 0.25) is 0 Å². The maximum Gasteiger partial charge on any atom is 4.00 e. The maximum absolute atomic E-state index is 8.42. The smallest absolute Gasteiger partial charge is 0.907 e. The van der Waals surface area contributed by atoms with Crippen molar-refractivity contribution < 1.29 is 60.3 Å². The second kappa shape index (κ2) is 36.6. The van der Waals surface area contributed by atoms with Crippen molar-refractivity contribution in [2.45, 2.75) is 0 Å². The maximum atomic E-state index is 8.42. The largest absolute Gasteiger partial charge is 4.00 e. The molecular formula is B4Ge3O12. The normalized spacial score (nSPS) is 5.68. The molecule has 0 aromatic heterocycles. The van der Waals surface area contributed by atoms with Crippen LogP contribution >= 0.6 is 0 Å². The van der Waals surface area contributed by atoms with Crippen LogP contribution in [-0.4, -0.2) is 82.1 Å². The molecule has 0 fully saturated rings. The number of hydrogen-bond donors (Lipinski definition) is 0. The van der Waals surface area contributed by atoms with E-state index in [-0.39, 0.29) is 52.8 Å². The molecule has 19 heteroatoms. The summed E-state index contributed by atoms with van der Waals surface area (Å²) in [6.07, 6.45) is 0. The average Bonchev–Trinajstić information content (AvgIpc) is 1.76. The van der Waals surface area contributed by atoms with Gasteiger partial charge in [0.25, 0.3) is 0 Å². The zero-order valence-electron chi connectivity index (χ0n) is 8.71. The van der Waals surface area contributed by atoms with Crippen LogP contribution < -0.4 is 60.3 Å². The second-order valence-corrected chi connectivity index (χ2v) is 1.15. The van der Waals surface area contributed by atoms with Crippen LogP contribution in [0.4, 0.5) is 0 Å². The average molecular weight is 453 g/mol. The van der Waals surface area contributed by atoms with Gasteiger partial charge in [0, 0.05) is 0 Å². The van der Waals surface area contributed by atoms with E-state index in [1.165, 1.54) is 0 Å². The Labute approximate surface area is 142 Å². The SMILES string of the molecule is [Ge+4].[Ge+4].[Ge+4].[O-]B([O-])[O-].[O-]B([O-])[O-].[O-]B([O-])[O-].[O-]B([O-])[O-]. The van der Waals surface area contributed by atoms with Gasteiger partial charge in [-0.3, -0.25) is 29.3 Å². The van der Waals surface area contributed by atoms with Crippen LogP contribution in [0.15, 0.2) is 0 Å². The summed E-state index contributed by atoms with van der Waals surface area (Å²) in [5, 5.41) is 101. The third-order valence-electron chi connectivity index (χ3n) is 0. The molecule has 0 amide bonds. The third-order valence-corrected chi connectivity index (χ3v) is 0. The quantitative estimate of drug-likeness (QED) is 0.309. The summed E-state index contributed by atoms with van der Waals surface area (Å²) in [7, 11) is -11.7.